The highest BCUT2D eigenvalue weighted by Crippen LogP contribution is 2.34. The van der Waals surface area contributed by atoms with Gasteiger partial charge < -0.3 is 4.74 Å². The number of rotatable bonds is 6. The first-order valence-electron chi connectivity index (χ1n) is 9.93. The number of aryl methyl sites for hydroxylation is 1. The van der Waals surface area contributed by atoms with Crippen molar-refractivity contribution in [3.8, 4) is 11.1 Å². The van der Waals surface area contributed by atoms with Gasteiger partial charge in [0.25, 0.3) is 0 Å². The van der Waals surface area contributed by atoms with Crippen molar-refractivity contribution in [2.75, 3.05) is 6.61 Å². The van der Waals surface area contributed by atoms with E-state index in [0.29, 0.717) is 24.7 Å². The first-order valence-corrected chi connectivity index (χ1v) is 9.93. The van der Waals surface area contributed by atoms with Gasteiger partial charge in [0.05, 0.1) is 12.7 Å². The van der Waals surface area contributed by atoms with E-state index in [-0.39, 0.29) is 17.0 Å². The molecule has 0 spiro atoms. The zero-order valence-electron chi connectivity index (χ0n) is 16.0. The van der Waals surface area contributed by atoms with Crippen LogP contribution in [0.5, 0.6) is 0 Å². The lowest BCUT2D eigenvalue weighted by molar-refractivity contribution is -0.00115. The molecular formula is C23H27F3O. The molecule has 0 amide bonds. The minimum atomic E-state index is -0.976. The quantitative estimate of drug-likeness (QED) is 0.539. The molecule has 27 heavy (non-hydrogen) atoms. The molecule has 1 nitrogen and oxygen atoms in total. The molecule has 4 heteroatoms. The van der Waals surface area contributed by atoms with Crippen LogP contribution in [0.15, 0.2) is 30.3 Å². The lowest BCUT2D eigenvalue weighted by atomic mass is 9.89. The molecule has 1 heterocycles. The molecule has 146 valence electrons. The molecule has 2 unspecified atom stereocenters. The summed E-state index contributed by atoms with van der Waals surface area (Å²) in [5.41, 5.74) is 1.25. The molecule has 2 aromatic carbocycles. The number of ether oxygens (including phenoxy) is 1. The Balaban J connectivity index is 1.81. The van der Waals surface area contributed by atoms with Crippen LogP contribution in [0.4, 0.5) is 13.2 Å². The lowest BCUT2D eigenvalue weighted by Crippen LogP contribution is -2.24. The second-order valence-electron chi connectivity index (χ2n) is 7.41. The monoisotopic (exact) mass is 376 g/mol. The van der Waals surface area contributed by atoms with Crippen molar-refractivity contribution in [1.82, 2.24) is 0 Å². The van der Waals surface area contributed by atoms with Gasteiger partial charge in [-0.3, -0.25) is 0 Å². The summed E-state index contributed by atoms with van der Waals surface area (Å²) < 4.78 is 49.3. The summed E-state index contributed by atoms with van der Waals surface area (Å²) in [6.07, 6.45) is 5.57. The Morgan fingerprint density at radius 2 is 1.70 bits per heavy atom. The van der Waals surface area contributed by atoms with Crippen LogP contribution in [0.2, 0.25) is 0 Å². The minimum absolute atomic E-state index is 0.0284. The lowest BCUT2D eigenvalue weighted by Gasteiger charge is -2.29. The van der Waals surface area contributed by atoms with Crippen LogP contribution in [0, 0.1) is 17.5 Å². The highest BCUT2D eigenvalue weighted by atomic mass is 19.2. The Morgan fingerprint density at radius 1 is 0.926 bits per heavy atom. The molecule has 1 aliphatic rings. The van der Waals surface area contributed by atoms with Crippen LogP contribution in [-0.2, 0) is 11.2 Å². The average Bonchev–Trinajstić information content (AvgIpc) is 2.67. The molecule has 3 rings (SSSR count). The van der Waals surface area contributed by atoms with Crippen molar-refractivity contribution in [2.24, 2.45) is 0 Å². The minimum Gasteiger partial charge on any atom is -0.378 e. The molecule has 0 radical (unpaired) electrons. The summed E-state index contributed by atoms with van der Waals surface area (Å²) in [5.74, 6) is -2.23. The Bertz CT molecular complexity index is 779. The van der Waals surface area contributed by atoms with Crippen molar-refractivity contribution >= 4 is 0 Å². The molecule has 0 saturated carbocycles. The molecule has 0 N–H and O–H groups in total. The van der Waals surface area contributed by atoms with Gasteiger partial charge in [-0.25, -0.2) is 13.2 Å². The second kappa shape index (κ2) is 8.92. The van der Waals surface area contributed by atoms with Crippen molar-refractivity contribution in [1.29, 1.82) is 0 Å². The number of hydrogen-bond donors (Lipinski definition) is 0. The summed E-state index contributed by atoms with van der Waals surface area (Å²) in [4.78, 5) is 0. The van der Waals surface area contributed by atoms with Gasteiger partial charge in [0, 0.05) is 17.0 Å². The number of halogens is 3. The van der Waals surface area contributed by atoms with Crippen molar-refractivity contribution in [3.05, 3.63) is 58.9 Å². The van der Waals surface area contributed by atoms with E-state index in [4.69, 9.17) is 4.74 Å². The maximum Gasteiger partial charge on any atom is 0.167 e. The van der Waals surface area contributed by atoms with Gasteiger partial charge >= 0.3 is 0 Å². The third-order valence-corrected chi connectivity index (χ3v) is 5.42. The van der Waals surface area contributed by atoms with E-state index in [1.807, 2.05) is 13.0 Å². The molecule has 0 aliphatic carbocycles. The van der Waals surface area contributed by atoms with Gasteiger partial charge in [0.1, 0.15) is 5.82 Å². The Kier molecular flexibility index (Phi) is 6.59. The van der Waals surface area contributed by atoms with Crippen LogP contribution >= 0.6 is 0 Å². The second-order valence-corrected chi connectivity index (χ2v) is 7.41. The molecule has 0 bridgehead atoms. The predicted octanol–water partition coefficient (Wildman–Crippen LogP) is 6.79. The van der Waals surface area contributed by atoms with Crippen molar-refractivity contribution in [3.63, 3.8) is 0 Å². The van der Waals surface area contributed by atoms with Gasteiger partial charge in [-0.2, -0.15) is 0 Å². The summed E-state index contributed by atoms with van der Waals surface area (Å²) in [5, 5.41) is 0. The summed E-state index contributed by atoms with van der Waals surface area (Å²) in [6, 6.07) is 7.83. The molecular weight excluding hydrogens is 349 g/mol. The standard InChI is InChI=1S/C23H27F3O/c1-3-5-15-8-12-20(23(26)22(15)25)19-11-9-16(13-21(19)24)17-7-10-18(6-4-2)27-14-17/h8-9,11-13,17-18H,3-7,10,14H2,1-2H3. The fourth-order valence-corrected chi connectivity index (χ4v) is 3.88. The molecule has 0 aromatic heterocycles. The molecule has 2 aromatic rings. The normalized spacial score (nSPS) is 20.0. The van der Waals surface area contributed by atoms with Crippen LogP contribution in [0.1, 0.15) is 63.0 Å². The SMILES string of the molecule is CCCc1ccc(-c2ccc(C3CCC(CCC)OC3)cc2F)c(F)c1F. The van der Waals surface area contributed by atoms with Crippen LogP contribution < -0.4 is 0 Å². The highest BCUT2D eigenvalue weighted by molar-refractivity contribution is 5.66. The van der Waals surface area contributed by atoms with Gasteiger partial charge in [-0.1, -0.05) is 51.0 Å². The third kappa shape index (κ3) is 4.37. The largest absolute Gasteiger partial charge is 0.378 e. The van der Waals surface area contributed by atoms with Crippen LogP contribution in [-0.4, -0.2) is 12.7 Å². The average molecular weight is 376 g/mol. The van der Waals surface area contributed by atoms with E-state index in [2.05, 4.69) is 6.92 Å². The van der Waals surface area contributed by atoms with Crippen molar-refractivity contribution in [2.45, 2.75) is 64.4 Å². The van der Waals surface area contributed by atoms with E-state index in [1.165, 1.54) is 12.1 Å². The Labute approximate surface area is 159 Å². The first kappa shape index (κ1) is 19.9. The number of benzene rings is 2. The molecule has 1 fully saturated rings. The predicted molar refractivity (Wildman–Crippen MR) is 102 cm³/mol. The van der Waals surface area contributed by atoms with E-state index >= 15 is 0 Å². The molecule has 2 atom stereocenters. The smallest absolute Gasteiger partial charge is 0.167 e. The zero-order chi connectivity index (χ0) is 19.4. The van der Waals surface area contributed by atoms with Gasteiger partial charge in [0.15, 0.2) is 11.6 Å². The van der Waals surface area contributed by atoms with E-state index in [1.54, 1.807) is 12.1 Å². The summed E-state index contributed by atoms with van der Waals surface area (Å²) >= 11 is 0. The van der Waals surface area contributed by atoms with Crippen LogP contribution in [0.25, 0.3) is 11.1 Å². The third-order valence-electron chi connectivity index (χ3n) is 5.42. The Hall–Kier alpha value is -1.81. The first-order chi connectivity index (χ1) is 13.0. The highest BCUT2D eigenvalue weighted by Gasteiger charge is 2.24. The van der Waals surface area contributed by atoms with Gasteiger partial charge in [-0.05, 0) is 42.9 Å². The van der Waals surface area contributed by atoms with Crippen LogP contribution in [0.3, 0.4) is 0 Å². The van der Waals surface area contributed by atoms with Gasteiger partial charge in [0.2, 0.25) is 0 Å². The van der Waals surface area contributed by atoms with E-state index in [0.717, 1.165) is 37.7 Å². The van der Waals surface area contributed by atoms with Gasteiger partial charge in [-0.15, -0.1) is 0 Å². The topological polar surface area (TPSA) is 9.23 Å². The van der Waals surface area contributed by atoms with E-state index < -0.39 is 17.5 Å². The maximum absolute atomic E-state index is 14.7. The molecule has 1 saturated heterocycles. The fraction of sp³-hybridized carbons (Fsp3) is 0.478. The number of hydrogen-bond acceptors (Lipinski definition) is 1. The fourth-order valence-electron chi connectivity index (χ4n) is 3.88. The molecule has 1 aliphatic heterocycles. The van der Waals surface area contributed by atoms with Crippen molar-refractivity contribution < 1.29 is 17.9 Å². The van der Waals surface area contributed by atoms with E-state index in [9.17, 15) is 13.2 Å². The zero-order valence-corrected chi connectivity index (χ0v) is 16.0. The summed E-state index contributed by atoms with van der Waals surface area (Å²) in [6.45, 7) is 4.63. The Morgan fingerprint density at radius 3 is 2.33 bits per heavy atom. The maximum atomic E-state index is 14.7. The summed E-state index contributed by atoms with van der Waals surface area (Å²) in [7, 11) is 0.